The molecule has 66 valence electrons. The van der Waals surface area contributed by atoms with Gasteiger partial charge in [-0.25, -0.2) is 0 Å². The van der Waals surface area contributed by atoms with Crippen molar-refractivity contribution in [2.45, 2.75) is 38.3 Å². The first kappa shape index (κ1) is 9.01. The van der Waals surface area contributed by atoms with E-state index in [1.807, 2.05) is 14.1 Å². The molecule has 1 aliphatic carbocycles. The molecule has 0 saturated heterocycles. The van der Waals surface area contributed by atoms with E-state index in [1.165, 1.54) is 32.1 Å². The van der Waals surface area contributed by atoms with Crippen LogP contribution in [0.3, 0.4) is 0 Å². The molecule has 1 fully saturated rings. The first-order chi connectivity index (χ1) is 5.38. The van der Waals surface area contributed by atoms with Gasteiger partial charge in [0.1, 0.15) is 0 Å². The molecular formula is C9H20N2. The van der Waals surface area contributed by atoms with Gasteiger partial charge in [-0.15, -0.1) is 0 Å². The molecule has 0 aromatic carbocycles. The van der Waals surface area contributed by atoms with E-state index in [1.54, 1.807) is 0 Å². The molecule has 2 heteroatoms. The molecule has 1 aliphatic rings. The molecule has 0 aromatic heterocycles. The van der Waals surface area contributed by atoms with Crippen LogP contribution in [0.15, 0.2) is 0 Å². The normalized spacial score (nSPS) is 21.0. The maximum Gasteiger partial charge on any atom is 0.0595 e. The Morgan fingerprint density at radius 1 is 1.00 bits per heavy atom. The molecule has 0 aromatic rings. The van der Waals surface area contributed by atoms with Crippen molar-refractivity contribution in [3.8, 4) is 0 Å². The van der Waals surface area contributed by atoms with Crippen molar-refractivity contribution in [1.29, 1.82) is 0 Å². The van der Waals surface area contributed by atoms with Crippen molar-refractivity contribution < 1.29 is 0 Å². The van der Waals surface area contributed by atoms with Crippen LogP contribution in [0, 0.1) is 5.92 Å². The maximum atomic E-state index is 3.31. The first-order valence-corrected chi connectivity index (χ1v) is 4.73. The molecule has 1 rings (SSSR count). The molecule has 0 radical (unpaired) electrons. The van der Waals surface area contributed by atoms with Gasteiger partial charge < -0.3 is 10.6 Å². The van der Waals surface area contributed by atoms with Crippen molar-refractivity contribution in [3.63, 3.8) is 0 Å². The van der Waals surface area contributed by atoms with Gasteiger partial charge in [0.2, 0.25) is 0 Å². The van der Waals surface area contributed by atoms with Crippen LogP contribution in [-0.4, -0.2) is 20.3 Å². The lowest BCUT2D eigenvalue weighted by atomic mass is 9.87. The lowest BCUT2D eigenvalue weighted by molar-refractivity contribution is 0.254. The summed E-state index contributed by atoms with van der Waals surface area (Å²) in [5.41, 5.74) is 0. The van der Waals surface area contributed by atoms with Crippen LogP contribution in [0.2, 0.25) is 0 Å². The van der Waals surface area contributed by atoms with Crippen LogP contribution in [-0.2, 0) is 0 Å². The Kier molecular flexibility index (Phi) is 3.87. The Bertz CT molecular complexity index is 93.7. The summed E-state index contributed by atoms with van der Waals surface area (Å²) in [6.07, 6.45) is 7.61. The van der Waals surface area contributed by atoms with Gasteiger partial charge in [-0.2, -0.15) is 0 Å². The van der Waals surface area contributed by atoms with E-state index in [9.17, 15) is 0 Å². The van der Waals surface area contributed by atoms with Crippen LogP contribution in [0.25, 0.3) is 0 Å². The summed E-state index contributed by atoms with van der Waals surface area (Å²) in [6, 6.07) is 0. The first-order valence-electron chi connectivity index (χ1n) is 4.73. The number of hydrogen-bond acceptors (Lipinski definition) is 2. The molecular weight excluding hydrogens is 136 g/mol. The fraction of sp³-hybridized carbons (Fsp3) is 1.00. The smallest absolute Gasteiger partial charge is 0.0595 e. The Hall–Kier alpha value is -0.0800. The predicted molar refractivity (Wildman–Crippen MR) is 48.5 cm³/mol. The van der Waals surface area contributed by atoms with Crippen molar-refractivity contribution in [2.75, 3.05) is 14.1 Å². The van der Waals surface area contributed by atoms with Gasteiger partial charge >= 0.3 is 0 Å². The second kappa shape index (κ2) is 4.73. The Balaban J connectivity index is 2.30. The molecule has 1 saturated carbocycles. The predicted octanol–water partition coefficient (Wildman–Crippen LogP) is 1.33. The number of nitrogens with one attached hydrogen (secondary N) is 2. The highest BCUT2D eigenvalue weighted by molar-refractivity contribution is 4.74. The molecule has 0 unspecified atom stereocenters. The quantitative estimate of drug-likeness (QED) is 0.602. The topological polar surface area (TPSA) is 24.1 Å². The standard InChI is InChI=1S/C9H20N2/c1-10-9(11-2)8-6-4-3-5-7-8/h8-11H,3-7H2,1-2H3. The van der Waals surface area contributed by atoms with Gasteiger partial charge in [0.25, 0.3) is 0 Å². The third-order valence-electron chi connectivity index (χ3n) is 2.74. The van der Waals surface area contributed by atoms with Crippen LogP contribution >= 0.6 is 0 Å². The summed E-state index contributed by atoms with van der Waals surface area (Å²) in [4.78, 5) is 0. The van der Waals surface area contributed by atoms with Crippen molar-refractivity contribution >= 4 is 0 Å². The van der Waals surface area contributed by atoms with Crippen LogP contribution in [0.1, 0.15) is 32.1 Å². The molecule has 0 heterocycles. The molecule has 2 nitrogen and oxygen atoms in total. The molecule has 0 amide bonds. The van der Waals surface area contributed by atoms with E-state index in [2.05, 4.69) is 10.6 Å². The Labute approximate surface area is 69.8 Å². The number of rotatable bonds is 3. The van der Waals surface area contributed by atoms with Gasteiger partial charge in [-0.3, -0.25) is 0 Å². The van der Waals surface area contributed by atoms with Crippen molar-refractivity contribution in [2.24, 2.45) is 5.92 Å². The third-order valence-corrected chi connectivity index (χ3v) is 2.74. The molecule has 2 N–H and O–H groups in total. The molecule has 0 atom stereocenters. The van der Waals surface area contributed by atoms with Crippen molar-refractivity contribution in [3.05, 3.63) is 0 Å². The van der Waals surface area contributed by atoms with Crippen LogP contribution in [0.5, 0.6) is 0 Å². The summed E-state index contributed by atoms with van der Waals surface area (Å²) >= 11 is 0. The van der Waals surface area contributed by atoms with E-state index >= 15 is 0 Å². The minimum Gasteiger partial charge on any atom is -0.305 e. The summed E-state index contributed by atoms with van der Waals surface area (Å²) in [5.74, 6) is 0.860. The fourth-order valence-electron chi connectivity index (χ4n) is 2.08. The maximum absolute atomic E-state index is 3.31. The molecule has 0 aliphatic heterocycles. The van der Waals surface area contributed by atoms with E-state index in [0.717, 1.165) is 5.92 Å². The van der Waals surface area contributed by atoms with Gasteiger partial charge in [-0.1, -0.05) is 19.3 Å². The molecule has 0 bridgehead atoms. The minimum atomic E-state index is 0.537. The number of hydrogen-bond donors (Lipinski definition) is 2. The highest BCUT2D eigenvalue weighted by Gasteiger charge is 2.20. The largest absolute Gasteiger partial charge is 0.305 e. The van der Waals surface area contributed by atoms with Gasteiger partial charge in [0, 0.05) is 0 Å². The van der Waals surface area contributed by atoms with Crippen LogP contribution < -0.4 is 10.6 Å². The SMILES string of the molecule is CNC(NC)C1CCCCC1. The summed E-state index contributed by atoms with van der Waals surface area (Å²) in [7, 11) is 4.07. The highest BCUT2D eigenvalue weighted by atomic mass is 15.1. The second-order valence-corrected chi connectivity index (χ2v) is 3.45. The highest BCUT2D eigenvalue weighted by Crippen LogP contribution is 2.25. The van der Waals surface area contributed by atoms with Gasteiger partial charge in [0.15, 0.2) is 0 Å². The average Bonchev–Trinajstić information content (AvgIpc) is 2.09. The lowest BCUT2D eigenvalue weighted by Crippen LogP contribution is -2.44. The van der Waals surface area contributed by atoms with Gasteiger partial charge in [-0.05, 0) is 32.9 Å². The zero-order valence-corrected chi connectivity index (χ0v) is 7.69. The third kappa shape index (κ3) is 2.46. The van der Waals surface area contributed by atoms with Crippen molar-refractivity contribution in [1.82, 2.24) is 10.6 Å². The zero-order valence-electron chi connectivity index (χ0n) is 7.69. The van der Waals surface area contributed by atoms with E-state index < -0.39 is 0 Å². The minimum absolute atomic E-state index is 0.537. The lowest BCUT2D eigenvalue weighted by Gasteiger charge is -2.29. The zero-order chi connectivity index (χ0) is 8.10. The van der Waals surface area contributed by atoms with E-state index in [-0.39, 0.29) is 0 Å². The fourth-order valence-corrected chi connectivity index (χ4v) is 2.08. The average molecular weight is 156 g/mol. The van der Waals surface area contributed by atoms with E-state index in [0.29, 0.717) is 6.17 Å². The summed E-state index contributed by atoms with van der Waals surface area (Å²) < 4.78 is 0. The molecule has 0 spiro atoms. The monoisotopic (exact) mass is 156 g/mol. The summed E-state index contributed by atoms with van der Waals surface area (Å²) in [5, 5.41) is 6.62. The molecule has 11 heavy (non-hydrogen) atoms. The summed E-state index contributed by atoms with van der Waals surface area (Å²) in [6.45, 7) is 0. The Morgan fingerprint density at radius 2 is 1.55 bits per heavy atom. The van der Waals surface area contributed by atoms with Gasteiger partial charge in [0.05, 0.1) is 6.17 Å². The second-order valence-electron chi connectivity index (χ2n) is 3.45. The van der Waals surface area contributed by atoms with Crippen LogP contribution in [0.4, 0.5) is 0 Å². The Morgan fingerprint density at radius 3 is 2.00 bits per heavy atom. The van der Waals surface area contributed by atoms with E-state index in [4.69, 9.17) is 0 Å².